The van der Waals surface area contributed by atoms with Crippen LogP contribution in [0.1, 0.15) is 31.7 Å². The first-order valence-electron chi connectivity index (χ1n) is 11.1. The Labute approximate surface area is 196 Å². The monoisotopic (exact) mass is 477 g/mol. The number of benzene rings is 2. The van der Waals surface area contributed by atoms with Crippen molar-refractivity contribution in [2.24, 2.45) is 5.92 Å². The van der Waals surface area contributed by atoms with Crippen LogP contribution in [-0.4, -0.2) is 51.9 Å². The van der Waals surface area contributed by atoms with Gasteiger partial charge in [-0.3, -0.25) is 9.10 Å². The van der Waals surface area contributed by atoms with Crippen molar-refractivity contribution in [2.45, 2.75) is 38.0 Å². The van der Waals surface area contributed by atoms with Crippen molar-refractivity contribution in [3.8, 4) is 0 Å². The zero-order valence-corrected chi connectivity index (χ0v) is 20.3. The van der Waals surface area contributed by atoms with Crippen molar-refractivity contribution in [3.63, 3.8) is 0 Å². The molecule has 1 amide bonds. The molecule has 0 aliphatic carbocycles. The number of nitrogens with zero attached hydrogens (tertiary/aromatic N) is 2. The number of sulfonamides is 1. The molecule has 32 heavy (non-hydrogen) atoms. The van der Waals surface area contributed by atoms with E-state index in [1.165, 1.54) is 37.1 Å². The minimum Gasteiger partial charge on any atom is -0.354 e. The second kappa shape index (κ2) is 11.2. The lowest BCUT2D eigenvalue weighted by Crippen LogP contribution is -2.42. The summed E-state index contributed by atoms with van der Waals surface area (Å²) < 4.78 is 27.9. The molecule has 2 aromatic rings. The molecule has 1 saturated heterocycles. The minimum absolute atomic E-state index is 0.0931. The highest BCUT2D eigenvalue weighted by atomic mass is 35.5. The number of rotatable bonds is 9. The van der Waals surface area contributed by atoms with Crippen LogP contribution in [0, 0.1) is 12.8 Å². The third-order valence-corrected chi connectivity index (χ3v) is 7.87. The summed E-state index contributed by atoms with van der Waals surface area (Å²) in [5, 5.41) is 3.34. The highest BCUT2D eigenvalue weighted by Crippen LogP contribution is 2.25. The molecule has 0 unspecified atom stereocenters. The van der Waals surface area contributed by atoms with E-state index in [2.05, 4.69) is 17.1 Å². The molecule has 1 heterocycles. The molecule has 1 fully saturated rings. The molecule has 8 heteroatoms. The van der Waals surface area contributed by atoms with E-state index in [9.17, 15) is 13.2 Å². The van der Waals surface area contributed by atoms with E-state index in [0.717, 1.165) is 41.8 Å². The van der Waals surface area contributed by atoms with E-state index in [0.29, 0.717) is 17.3 Å². The Bertz CT molecular complexity index is 1000. The Morgan fingerprint density at radius 2 is 1.84 bits per heavy atom. The van der Waals surface area contributed by atoms with Crippen LogP contribution in [0.15, 0.2) is 53.4 Å². The lowest BCUT2D eigenvalue weighted by molar-refractivity contribution is -0.119. The van der Waals surface area contributed by atoms with E-state index in [1.54, 1.807) is 18.2 Å². The van der Waals surface area contributed by atoms with Gasteiger partial charge in [-0.15, -0.1) is 0 Å². The molecule has 3 rings (SSSR count). The van der Waals surface area contributed by atoms with E-state index >= 15 is 0 Å². The number of nitrogens with one attached hydrogen (secondary N) is 1. The van der Waals surface area contributed by atoms with Gasteiger partial charge in [0.05, 0.1) is 10.6 Å². The van der Waals surface area contributed by atoms with Crippen molar-refractivity contribution in [1.82, 2.24) is 10.2 Å². The Kier molecular flexibility index (Phi) is 8.57. The SMILES string of the molecule is Cc1cccc(N(CC(=O)NCCCN2CCC(C)CC2)S(=O)(=O)c2ccc(Cl)cc2)c1. The lowest BCUT2D eigenvalue weighted by Gasteiger charge is -2.30. The lowest BCUT2D eigenvalue weighted by atomic mass is 9.99. The zero-order valence-electron chi connectivity index (χ0n) is 18.8. The van der Waals surface area contributed by atoms with E-state index in [1.807, 2.05) is 13.0 Å². The highest BCUT2D eigenvalue weighted by Gasteiger charge is 2.27. The third-order valence-electron chi connectivity index (χ3n) is 5.83. The number of likely N-dealkylation sites (tertiary alicyclic amines) is 1. The summed E-state index contributed by atoms with van der Waals surface area (Å²) in [5.74, 6) is 0.470. The first-order valence-corrected chi connectivity index (χ1v) is 12.9. The minimum atomic E-state index is -3.93. The molecule has 6 nitrogen and oxygen atoms in total. The average molecular weight is 478 g/mol. The molecule has 2 aromatic carbocycles. The van der Waals surface area contributed by atoms with Crippen LogP contribution in [0.3, 0.4) is 0 Å². The Morgan fingerprint density at radius 3 is 2.50 bits per heavy atom. The van der Waals surface area contributed by atoms with Crippen LogP contribution >= 0.6 is 11.6 Å². The van der Waals surface area contributed by atoms with Gasteiger partial charge >= 0.3 is 0 Å². The number of carbonyl (C=O) groups is 1. The smallest absolute Gasteiger partial charge is 0.264 e. The number of piperidine rings is 1. The molecule has 0 spiro atoms. The van der Waals surface area contributed by atoms with E-state index in [-0.39, 0.29) is 17.3 Å². The summed E-state index contributed by atoms with van der Waals surface area (Å²) in [6.45, 7) is 7.57. The largest absolute Gasteiger partial charge is 0.354 e. The highest BCUT2D eigenvalue weighted by molar-refractivity contribution is 7.92. The van der Waals surface area contributed by atoms with Gasteiger partial charge in [-0.1, -0.05) is 30.7 Å². The molecule has 1 aliphatic heterocycles. The second-order valence-electron chi connectivity index (χ2n) is 8.53. The van der Waals surface area contributed by atoms with Gasteiger partial charge in [0, 0.05) is 11.6 Å². The van der Waals surface area contributed by atoms with Crippen LogP contribution in [0.5, 0.6) is 0 Å². The van der Waals surface area contributed by atoms with Crippen LogP contribution in [0.2, 0.25) is 5.02 Å². The number of aryl methyl sites for hydroxylation is 1. The van der Waals surface area contributed by atoms with Crippen molar-refractivity contribution in [1.29, 1.82) is 0 Å². The summed E-state index contributed by atoms with van der Waals surface area (Å²) in [6.07, 6.45) is 3.29. The fourth-order valence-corrected chi connectivity index (χ4v) is 5.37. The van der Waals surface area contributed by atoms with E-state index < -0.39 is 10.0 Å². The van der Waals surface area contributed by atoms with Gasteiger partial charge in [0.1, 0.15) is 6.54 Å². The standard InChI is InChI=1S/C24H32ClN3O3S/c1-19-11-15-27(16-12-19)14-4-13-26-24(29)18-28(22-6-3-5-20(2)17-22)32(30,31)23-9-7-21(25)8-10-23/h3,5-10,17,19H,4,11-16,18H2,1-2H3,(H,26,29). The zero-order chi connectivity index (χ0) is 23.1. The van der Waals surface area contributed by atoms with Gasteiger partial charge in [0.25, 0.3) is 10.0 Å². The molecule has 0 atom stereocenters. The fourth-order valence-electron chi connectivity index (χ4n) is 3.83. The first-order chi connectivity index (χ1) is 15.3. The van der Waals surface area contributed by atoms with Gasteiger partial charge in [-0.2, -0.15) is 0 Å². The molecule has 1 N–H and O–H groups in total. The van der Waals surface area contributed by atoms with Crippen molar-refractivity contribution < 1.29 is 13.2 Å². The number of anilines is 1. The number of halogens is 1. The van der Waals surface area contributed by atoms with E-state index in [4.69, 9.17) is 11.6 Å². The summed E-state index contributed by atoms with van der Waals surface area (Å²) in [7, 11) is -3.93. The Morgan fingerprint density at radius 1 is 1.16 bits per heavy atom. The van der Waals surface area contributed by atoms with Gasteiger partial charge in [-0.25, -0.2) is 8.42 Å². The maximum Gasteiger partial charge on any atom is 0.264 e. The molecular weight excluding hydrogens is 446 g/mol. The summed E-state index contributed by atoms with van der Waals surface area (Å²) in [6, 6.07) is 13.1. The van der Waals surface area contributed by atoms with Gasteiger partial charge in [-0.05, 0) is 93.7 Å². The van der Waals surface area contributed by atoms with Crippen LogP contribution in [0.25, 0.3) is 0 Å². The van der Waals surface area contributed by atoms with Crippen molar-refractivity contribution >= 4 is 33.2 Å². The predicted molar refractivity (Wildman–Crippen MR) is 130 cm³/mol. The fraction of sp³-hybridized carbons (Fsp3) is 0.458. The van der Waals surface area contributed by atoms with Gasteiger partial charge < -0.3 is 10.2 Å². The molecule has 0 saturated carbocycles. The Balaban J connectivity index is 1.65. The normalized spacial score (nSPS) is 15.5. The average Bonchev–Trinajstić information content (AvgIpc) is 2.76. The van der Waals surface area contributed by atoms with Gasteiger partial charge in [0.2, 0.25) is 5.91 Å². The topological polar surface area (TPSA) is 69.7 Å². The summed E-state index contributed by atoms with van der Waals surface area (Å²) in [5.41, 5.74) is 1.37. The number of hydrogen-bond donors (Lipinski definition) is 1. The van der Waals surface area contributed by atoms with Gasteiger partial charge in [0.15, 0.2) is 0 Å². The van der Waals surface area contributed by atoms with Crippen LogP contribution in [-0.2, 0) is 14.8 Å². The molecule has 0 radical (unpaired) electrons. The number of amides is 1. The van der Waals surface area contributed by atoms with Crippen LogP contribution < -0.4 is 9.62 Å². The van der Waals surface area contributed by atoms with Crippen LogP contribution in [0.4, 0.5) is 5.69 Å². The number of hydrogen-bond acceptors (Lipinski definition) is 4. The van der Waals surface area contributed by atoms with Crippen molar-refractivity contribution in [3.05, 3.63) is 59.1 Å². The maximum absolute atomic E-state index is 13.4. The maximum atomic E-state index is 13.4. The van der Waals surface area contributed by atoms with Crippen molar-refractivity contribution in [2.75, 3.05) is 37.0 Å². The molecule has 1 aliphatic rings. The quantitative estimate of drug-likeness (QED) is 0.552. The Hall–Kier alpha value is -2.09. The molecule has 0 bridgehead atoms. The first kappa shape index (κ1) is 24.6. The predicted octanol–water partition coefficient (Wildman–Crippen LogP) is 4.08. The molecule has 174 valence electrons. The number of carbonyl (C=O) groups excluding carboxylic acids is 1. The summed E-state index contributed by atoms with van der Waals surface area (Å²) >= 11 is 5.92. The third kappa shape index (κ3) is 6.70. The summed E-state index contributed by atoms with van der Waals surface area (Å²) in [4.78, 5) is 15.2. The molecule has 0 aromatic heterocycles. The molecular formula is C24H32ClN3O3S. The second-order valence-corrected chi connectivity index (χ2v) is 10.8.